The molecule has 0 radical (unpaired) electrons. The lowest BCUT2D eigenvalue weighted by atomic mass is 10.1. The van der Waals surface area contributed by atoms with Crippen LogP contribution in [0, 0.1) is 23.3 Å². The highest BCUT2D eigenvalue weighted by Crippen LogP contribution is 2.30. The number of phenolic OH excluding ortho intramolecular Hbond substituents is 1. The summed E-state index contributed by atoms with van der Waals surface area (Å²) in [7, 11) is 0. The molecule has 0 aliphatic rings. The van der Waals surface area contributed by atoms with E-state index in [1.807, 2.05) is 0 Å². The number of phenols is 1. The van der Waals surface area contributed by atoms with E-state index in [0.717, 1.165) is 0 Å². The predicted molar refractivity (Wildman–Crippen MR) is 87.0 cm³/mol. The predicted octanol–water partition coefficient (Wildman–Crippen LogP) is 3.69. The number of ether oxygens (including phenoxy) is 1. The number of hydrogen-bond acceptors (Lipinski definition) is 5. The number of esters is 1. The Bertz CT molecular complexity index is 884. The van der Waals surface area contributed by atoms with Crippen LogP contribution in [-0.2, 0) is 9.53 Å². The summed E-state index contributed by atoms with van der Waals surface area (Å²) in [6.07, 6.45) is 0.486. The van der Waals surface area contributed by atoms with Gasteiger partial charge in [0.1, 0.15) is 11.3 Å². The van der Waals surface area contributed by atoms with Crippen molar-refractivity contribution in [2.75, 3.05) is 11.9 Å². The van der Waals surface area contributed by atoms with Crippen molar-refractivity contribution < 1.29 is 37.0 Å². The molecule has 0 saturated carbocycles. The molecule has 0 aromatic heterocycles. The van der Waals surface area contributed by atoms with Gasteiger partial charge in [0.05, 0.1) is 6.61 Å². The van der Waals surface area contributed by atoms with Gasteiger partial charge >= 0.3 is 5.97 Å². The van der Waals surface area contributed by atoms with Gasteiger partial charge in [-0.3, -0.25) is 4.79 Å². The first-order chi connectivity index (χ1) is 12.8. The maximum atomic E-state index is 13.9. The zero-order valence-electron chi connectivity index (χ0n) is 13.9. The van der Waals surface area contributed by atoms with Gasteiger partial charge in [0, 0.05) is 11.8 Å². The number of carbonyl (C=O) groups is 2. The van der Waals surface area contributed by atoms with Crippen LogP contribution in [0.4, 0.5) is 23.2 Å². The maximum Gasteiger partial charge on any atom is 0.354 e. The number of aromatic hydroxyl groups is 1. The van der Waals surface area contributed by atoms with Gasteiger partial charge in [-0.25, -0.2) is 18.0 Å². The second-order valence-electron chi connectivity index (χ2n) is 5.11. The van der Waals surface area contributed by atoms with Crippen molar-refractivity contribution >= 4 is 17.4 Å². The van der Waals surface area contributed by atoms with Crippen molar-refractivity contribution in [1.29, 1.82) is 0 Å². The van der Waals surface area contributed by atoms with Crippen LogP contribution in [0.25, 0.3) is 0 Å². The fraction of sp³-hybridized carbons (Fsp3) is 0.111. The van der Waals surface area contributed by atoms with E-state index in [0.29, 0.717) is 11.8 Å². The van der Waals surface area contributed by atoms with Crippen LogP contribution in [0.1, 0.15) is 17.3 Å². The standard InChI is InChI=1S/C18H13F4NO4/c1-2-27-18(26)10(23-9-6-4-3-5-7-9)8-11(24)12-13(19)14(20)15(21)16(22)17(12)25/h3-8,23,25H,2H2,1H3. The molecule has 0 aliphatic carbocycles. The minimum Gasteiger partial charge on any atom is -0.504 e. The number of para-hydroxylation sites is 1. The van der Waals surface area contributed by atoms with Gasteiger partial charge < -0.3 is 15.2 Å². The molecule has 0 heterocycles. The van der Waals surface area contributed by atoms with Crippen LogP contribution in [-0.4, -0.2) is 23.5 Å². The van der Waals surface area contributed by atoms with E-state index in [4.69, 9.17) is 4.74 Å². The second-order valence-corrected chi connectivity index (χ2v) is 5.11. The molecule has 0 aliphatic heterocycles. The van der Waals surface area contributed by atoms with Gasteiger partial charge in [-0.1, -0.05) is 18.2 Å². The highest BCUT2D eigenvalue weighted by Gasteiger charge is 2.29. The summed E-state index contributed by atoms with van der Waals surface area (Å²) in [6, 6.07) is 7.98. The Labute approximate surface area is 150 Å². The molecule has 9 heteroatoms. The molecule has 27 heavy (non-hydrogen) atoms. The zero-order valence-corrected chi connectivity index (χ0v) is 13.9. The number of rotatable bonds is 6. The Hall–Kier alpha value is -3.36. The van der Waals surface area contributed by atoms with Crippen LogP contribution in [0.15, 0.2) is 42.1 Å². The first-order valence-electron chi connectivity index (χ1n) is 7.58. The SMILES string of the molecule is CCOC(=O)C(=CC(=O)c1c(O)c(F)c(F)c(F)c1F)Nc1ccccc1. The van der Waals surface area contributed by atoms with Gasteiger partial charge in [-0.15, -0.1) is 0 Å². The normalized spacial score (nSPS) is 11.2. The third-order valence-corrected chi connectivity index (χ3v) is 3.31. The quantitative estimate of drug-likeness (QED) is 0.199. The molecule has 2 aromatic rings. The summed E-state index contributed by atoms with van der Waals surface area (Å²) in [6.45, 7) is 1.44. The van der Waals surface area contributed by atoms with Crippen molar-refractivity contribution in [2.45, 2.75) is 6.92 Å². The molecule has 2 aromatic carbocycles. The summed E-state index contributed by atoms with van der Waals surface area (Å²) < 4.78 is 58.5. The lowest BCUT2D eigenvalue weighted by molar-refractivity contribution is -0.138. The number of ketones is 1. The van der Waals surface area contributed by atoms with Crippen LogP contribution in [0.5, 0.6) is 5.75 Å². The third kappa shape index (κ3) is 4.25. The molecule has 142 valence electrons. The number of carbonyl (C=O) groups excluding carboxylic acids is 2. The van der Waals surface area contributed by atoms with Crippen LogP contribution in [0.2, 0.25) is 0 Å². The number of halogens is 4. The van der Waals surface area contributed by atoms with E-state index in [2.05, 4.69) is 5.32 Å². The molecule has 5 nitrogen and oxygen atoms in total. The lowest BCUT2D eigenvalue weighted by Gasteiger charge is -2.11. The average Bonchev–Trinajstić information content (AvgIpc) is 2.65. The van der Waals surface area contributed by atoms with Crippen molar-refractivity contribution in [2.24, 2.45) is 0 Å². The second kappa shape index (κ2) is 8.35. The highest BCUT2D eigenvalue weighted by molar-refractivity contribution is 6.11. The van der Waals surface area contributed by atoms with Crippen molar-refractivity contribution in [3.8, 4) is 5.75 Å². The molecule has 0 spiro atoms. The van der Waals surface area contributed by atoms with E-state index in [9.17, 15) is 32.3 Å². The van der Waals surface area contributed by atoms with Gasteiger partial charge in [0.15, 0.2) is 23.2 Å². The summed E-state index contributed by atoms with van der Waals surface area (Å²) in [5.74, 6) is -13.0. The Balaban J connectivity index is 2.50. The monoisotopic (exact) mass is 383 g/mol. The number of benzene rings is 2. The van der Waals surface area contributed by atoms with E-state index in [1.54, 1.807) is 18.2 Å². The largest absolute Gasteiger partial charge is 0.504 e. The molecule has 0 bridgehead atoms. The van der Waals surface area contributed by atoms with Gasteiger partial charge in [-0.05, 0) is 19.1 Å². The van der Waals surface area contributed by atoms with E-state index >= 15 is 0 Å². The number of hydrogen-bond donors (Lipinski definition) is 2. The zero-order chi connectivity index (χ0) is 20.1. The summed E-state index contributed by atoms with van der Waals surface area (Å²) in [5.41, 5.74) is -1.59. The molecular formula is C18H13F4NO4. The summed E-state index contributed by atoms with van der Waals surface area (Å²) in [4.78, 5) is 24.2. The van der Waals surface area contributed by atoms with E-state index in [-0.39, 0.29) is 6.61 Å². The number of nitrogens with one attached hydrogen (secondary N) is 1. The van der Waals surface area contributed by atoms with Gasteiger partial charge in [0.25, 0.3) is 0 Å². The molecule has 0 amide bonds. The van der Waals surface area contributed by atoms with Crippen LogP contribution >= 0.6 is 0 Å². The average molecular weight is 383 g/mol. The van der Waals surface area contributed by atoms with Crippen molar-refractivity contribution in [3.05, 3.63) is 70.9 Å². The van der Waals surface area contributed by atoms with Crippen molar-refractivity contribution in [1.82, 2.24) is 0 Å². The lowest BCUT2D eigenvalue weighted by Crippen LogP contribution is -2.17. The fourth-order valence-electron chi connectivity index (χ4n) is 2.08. The Kier molecular flexibility index (Phi) is 6.17. The smallest absolute Gasteiger partial charge is 0.354 e. The molecule has 2 rings (SSSR count). The van der Waals surface area contributed by atoms with Gasteiger partial charge in [-0.2, -0.15) is 4.39 Å². The minimum absolute atomic E-state index is 0.0553. The van der Waals surface area contributed by atoms with E-state index < -0.39 is 52.0 Å². The third-order valence-electron chi connectivity index (χ3n) is 3.31. The fourth-order valence-corrected chi connectivity index (χ4v) is 2.08. The summed E-state index contributed by atoms with van der Waals surface area (Å²) in [5, 5.41) is 12.0. The Morgan fingerprint density at radius 3 is 2.22 bits per heavy atom. The van der Waals surface area contributed by atoms with Crippen LogP contribution < -0.4 is 5.32 Å². The van der Waals surface area contributed by atoms with Crippen molar-refractivity contribution in [3.63, 3.8) is 0 Å². The topological polar surface area (TPSA) is 75.6 Å². The Morgan fingerprint density at radius 1 is 1.04 bits per heavy atom. The molecule has 0 unspecified atom stereocenters. The first-order valence-corrected chi connectivity index (χ1v) is 7.58. The Morgan fingerprint density at radius 2 is 1.63 bits per heavy atom. The number of anilines is 1. The van der Waals surface area contributed by atoms with E-state index in [1.165, 1.54) is 19.1 Å². The maximum absolute atomic E-state index is 13.9. The molecule has 0 saturated heterocycles. The number of allylic oxidation sites excluding steroid dienone is 1. The summed E-state index contributed by atoms with van der Waals surface area (Å²) >= 11 is 0. The molecule has 2 N–H and O–H groups in total. The molecule has 0 atom stereocenters. The molecular weight excluding hydrogens is 370 g/mol. The molecule has 0 fully saturated rings. The van der Waals surface area contributed by atoms with Gasteiger partial charge in [0.2, 0.25) is 11.6 Å². The minimum atomic E-state index is -2.27. The first kappa shape index (κ1) is 20.0. The highest BCUT2D eigenvalue weighted by atomic mass is 19.2. The van der Waals surface area contributed by atoms with Crippen LogP contribution in [0.3, 0.4) is 0 Å².